The van der Waals surface area contributed by atoms with E-state index in [1.165, 1.54) is 30.7 Å². The van der Waals surface area contributed by atoms with Crippen LogP contribution in [0, 0.1) is 5.82 Å². The molecule has 0 bridgehead atoms. The van der Waals surface area contributed by atoms with Crippen molar-refractivity contribution in [3.63, 3.8) is 0 Å². The number of aromatic amines is 1. The van der Waals surface area contributed by atoms with Crippen molar-refractivity contribution < 1.29 is 13.9 Å². The number of carbonyl (C=O) groups is 1. The number of nitrogens with one attached hydrogen (secondary N) is 2. The number of hydrogen-bond acceptors (Lipinski definition) is 5. The van der Waals surface area contributed by atoms with E-state index in [4.69, 9.17) is 4.74 Å². The molecule has 8 heteroatoms. The molecule has 0 atom stereocenters. The summed E-state index contributed by atoms with van der Waals surface area (Å²) in [4.78, 5) is 14.7. The zero-order valence-electron chi connectivity index (χ0n) is 19.4. The molecular weight excluding hydrogens is 421 g/mol. The summed E-state index contributed by atoms with van der Waals surface area (Å²) >= 11 is 0. The number of H-pyrrole nitrogens is 1. The Morgan fingerprint density at radius 3 is 2.67 bits per heavy atom. The molecule has 2 N–H and O–H groups in total. The standard InChI is InChI=1S/C15H24N2O.C10H8FN3O/c1-16(2)9-10-18-15-6-4-5-13(11-15)12-17(3)14-7-8-14;11-10-3-8(12-6-15)1-2-9(10)7-4-13-14-5-7/h4-6,11,14H,7-10,12H2,1-3H3;1-6H,(H,12,15)(H,13,14). The third-order valence-corrected chi connectivity index (χ3v) is 5.31. The molecule has 1 fully saturated rings. The summed E-state index contributed by atoms with van der Waals surface area (Å²) in [5.41, 5.74) is 2.88. The third-order valence-electron chi connectivity index (χ3n) is 5.31. The second kappa shape index (κ2) is 12.1. The number of benzene rings is 2. The van der Waals surface area contributed by atoms with Gasteiger partial charge in [0.15, 0.2) is 0 Å². The van der Waals surface area contributed by atoms with Gasteiger partial charge in [-0.05, 0) is 69.9 Å². The lowest BCUT2D eigenvalue weighted by Crippen LogP contribution is -2.20. The smallest absolute Gasteiger partial charge is 0.211 e. The van der Waals surface area contributed by atoms with Gasteiger partial charge < -0.3 is 15.0 Å². The normalized spacial score (nSPS) is 12.9. The number of carbonyl (C=O) groups excluding carboxylic acids is 1. The van der Waals surface area contributed by atoms with Gasteiger partial charge in [-0.3, -0.25) is 14.8 Å². The molecule has 1 saturated carbocycles. The van der Waals surface area contributed by atoms with Gasteiger partial charge in [0.1, 0.15) is 18.2 Å². The number of amides is 1. The van der Waals surface area contributed by atoms with Crippen molar-refractivity contribution in [1.82, 2.24) is 20.0 Å². The number of likely N-dealkylation sites (N-methyl/N-ethyl adjacent to an activating group) is 1. The molecule has 0 radical (unpaired) electrons. The summed E-state index contributed by atoms with van der Waals surface area (Å²) < 4.78 is 19.3. The van der Waals surface area contributed by atoms with Crippen LogP contribution in [0.5, 0.6) is 5.75 Å². The van der Waals surface area contributed by atoms with Crippen molar-refractivity contribution >= 4 is 12.1 Å². The number of nitrogens with zero attached hydrogens (tertiary/aromatic N) is 3. The second-order valence-corrected chi connectivity index (χ2v) is 8.39. The van der Waals surface area contributed by atoms with Crippen LogP contribution in [0.3, 0.4) is 0 Å². The molecule has 4 rings (SSSR count). The molecule has 0 spiro atoms. The Balaban J connectivity index is 0.000000189. The maximum Gasteiger partial charge on any atom is 0.211 e. The van der Waals surface area contributed by atoms with Crippen molar-refractivity contribution in [3.05, 3.63) is 66.2 Å². The zero-order valence-corrected chi connectivity index (χ0v) is 19.4. The number of aromatic nitrogens is 2. The first-order chi connectivity index (χ1) is 16.0. The van der Waals surface area contributed by atoms with Gasteiger partial charge in [0, 0.05) is 42.1 Å². The Bertz CT molecular complexity index is 1010. The molecule has 0 aliphatic heterocycles. The summed E-state index contributed by atoms with van der Waals surface area (Å²) in [6.45, 7) is 2.72. The number of rotatable bonds is 10. The third kappa shape index (κ3) is 8.00. The average Bonchev–Trinajstić information content (AvgIpc) is 3.50. The number of halogens is 1. The van der Waals surface area contributed by atoms with Gasteiger partial charge in [0.2, 0.25) is 6.41 Å². The molecular formula is C25H32FN5O2. The van der Waals surface area contributed by atoms with Gasteiger partial charge >= 0.3 is 0 Å². The fraction of sp³-hybridized carbons (Fsp3) is 0.360. The quantitative estimate of drug-likeness (QED) is 0.454. The van der Waals surface area contributed by atoms with E-state index in [9.17, 15) is 9.18 Å². The van der Waals surface area contributed by atoms with Gasteiger partial charge in [-0.1, -0.05) is 12.1 Å². The van der Waals surface area contributed by atoms with Crippen molar-refractivity contribution in [3.8, 4) is 16.9 Å². The maximum absolute atomic E-state index is 13.5. The molecule has 33 heavy (non-hydrogen) atoms. The highest BCUT2D eigenvalue weighted by atomic mass is 19.1. The van der Waals surface area contributed by atoms with Crippen LogP contribution in [0.25, 0.3) is 11.1 Å². The fourth-order valence-electron chi connectivity index (χ4n) is 3.32. The maximum atomic E-state index is 13.5. The molecule has 1 aliphatic rings. The highest BCUT2D eigenvalue weighted by molar-refractivity contribution is 5.73. The monoisotopic (exact) mass is 453 g/mol. The van der Waals surface area contributed by atoms with Crippen LogP contribution < -0.4 is 10.1 Å². The van der Waals surface area contributed by atoms with E-state index >= 15 is 0 Å². The lowest BCUT2D eigenvalue weighted by Gasteiger charge is -2.16. The largest absolute Gasteiger partial charge is 0.492 e. The molecule has 1 amide bonds. The average molecular weight is 454 g/mol. The van der Waals surface area contributed by atoms with E-state index < -0.39 is 5.82 Å². The van der Waals surface area contributed by atoms with Gasteiger partial charge in [-0.15, -0.1) is 0 Å². The van der Waals surface area contributed by atoms with E-state index in [0.29, 0.717) is 23.2 Å². The van der Waals surface area contributed by atoms with Crippen LogP contribution >= 0.6 is 0 Å². The lowest BCUT2D eigenvalue weighted by atomic mass is 10.1. The Kier molecular flexibility index (Phi) is 8.97. The van der Waals surface area contributed by atoms with E-state index in [1.54, 1.807) is 18.3 Å². The van der Waals surface area contributed by atoms with Crippen LogP contribution in [-0.4, -0.2) is 66.7 Å². The van der Waals surface area contributed by atoms with Crippen LogP contribution in [0.4, 0.5) is 10.1 Å². The van der Waals surface area contributed by atoms with Crippen molar-refractivity contribution in [2.75, 3.05) is 39.6 Å². The van der Waals surface area contributed by atoms with Crippen molar-refractivity contribution in [2.45, 2.75) is 25.4 Å². The Hall–Kier alpha value is -3.23. The molecule has 1 aliphatic carbocycles. The van der Waals surface area contributed by atoms with Gasteiger partial charge in [-0.25, -0.2) is 4.39 Å². The topological polar surface area (TPSA) is 73.5 Å². The lowest BCUT2D eigenvalue weighted by molar-refractivity contribution is -0.105. The first kappa shape index (κ1) is 24.4. The second-order valence-electron chi connectivity index (χ2n) is 8.39. The minimum absolute atomic E-state index is 0.400. The molecule has 7 nitrogen and oxygen atoms in total. The van der Waals surface area contributed by atoms with E-state index in [-0.39, 0.29) is 0 Å². The number of ether oxygens (including phenoxy) is 1. The van der Waals surface area contributed by atoms with Crippen molar-refractivity contribution in [2.24, 2.45) is 0 Å². The molecule has 1 aromatic heterocycles. The van der Waals surface area contributed by atoms with Gasteiger partial charge in [0.05, 0.1) is 6.20 Å². The molecule has 1 heterocycles. The Labute approximate surface area is 194 Å². The van der Waals surface area contributed by atoms with Gasteiger partial charge in [0.25, 0.3) is 0 Å². The predicted octanol–water partition coefficient (Wildman–Crippen LogP) is 4.01. The molecule has 0 unspecified atom stereocenters. The SMILES string of the molecule is CN(C)CCOc1cccc(CN(C)C2CC2)c1.O=CNc1ccc(-c2cn[nH]c2)c(F)c1. The van der Waals surface area contributed by atoms with E-state index in [2.05, 4.69) is 64.7 Å². The molecule has 3 aromatic rings. The summed E-state index contributed by atoms with van der Waals surface area (Å²) in [6.07, 6.45) is 6.35. The minimum Gasteiger partial charge on any atom is -0.492 e. The minimum atomic E-state index is -0.400. The Morgan fingerprint density at radius 2 is 2.03 bits per heavy atom. The zero-order chi connectivity index (χ0) is 23.6. The number of anilines is 1. The van der Waals surface area contributed by atoms with E-state index in [0.717, 1.165) is 31.5 Å². The first-order valence-electron chi connectivity index (χ1n) is 11.0. The molecule has 176 valence electrons. The number of hydrogen-bond donors (Lipinski definition) is 2. The summed E-state index contributed by atoms with van der Waals surface area (Å²) in [5, 5.41) is 8.72. The van der Waals surface area contributed by atoms with Crippen LogP contribution in [-0.2, 0) is 11.3 Å². The highest BCUT2D eigenvalue weighted by Crippen LogP contribution is 2.27. The van der Waals surface area contributed by atoms with Crippen LogP contribution in [0.1, 0.15) is 18.4 Å². The van der Waals surface area contributed by atoms with Crippen LogP contribution in [0.2, 0.25) is 0 Å². The summed E-state index contributed by atoms with van der Waals surface area (Å²) in [5.74, 6) is 0.585. The molecule has 2 aromatic carbocycles. The Morgan fingerprint density at radius 1 is 1.21 bits per heavy atom. The highest BCUT2D eigenvalue weighted by Gasteiger charge is 2.25. The van der Waals surface area contributed by atoms with Crippen LogP contribution in [0.15, 0.2) is 54.9 Å². The van der Waals surface area contributed by atoms with Gasteiger partial charge in [-0.2, -0.15) is 5.10 Å². The first-order valence-corrected chi connectivity index (χ1v) is 11.0. The predicted molar refractivity (Wildman–Crippen MR) is 129 cm³/mol. The summed E-state index contributed by atoms with van der Waals surface area (Å²) in [7, 11) is 6.33. The fourth-order valence-corrected chi connectivity index (χ4v) is 3.32. The van der Waals surface area contributed by atoms with E-state index in [1.807, 2.05) is 6.07 Å². The molecule has 0 saturated heterocycles. The van der Waals surface area contributed by atoms with Crippen molar-refractivity contribution in [1.29, 1.82) is 0 Å². The summed E-state index contributed by atoms with van der Waals surface area (Å²) in [6, 6.07) is 13.7.